The fourth-order valence-corrected chi connectivity index (χ4v) is 1.74. The number of carbonyl (C=O) groups is 1. The van der Waals surface area contributed by atoms with Gasteiger partial charge >= 0.3 is 5.97 Å². The van der Waals surface area contributed by atoms with Gasteiger partial charge in [-0.1, -0.05) is 0 Å². The quantitative estimate of drug-likeness (QED) is 0.526. The second kappa shape index (κ2) is 3.03. The zero-order valence-electron chi connectivity index (χ0n) is 6.99. The maximum Gasteiger partial charge on any atom is 0.303 e. The average molecular weight is 172 g/mol. The van der Waals surface area contributed by atoms with Crippen molar-refractivity contribution in [1.29, 1.82) is 0 Å². The van der Waals surface area contributed by atoms with E-state index < -0.39 is 0 Å². The van der Waals surface area contributed by atoms with Gasteiger partial charge < -0.3 is 14.2 Å². The molecule has 2 heterocycles. The fraction of sp³-hybridized carbons (Fsp3) is 0.875. The summed E-state index contributed by atoms with van der Waals surface area (Å²) >= 11 is 0. The van der Waals surface area contributed by atoms with Crippen molar-refractivity contribution < 1.29 is 19.0 Å². The lowest BCUT2D eigenvalue weighted by molar-refractivity contribution is -0.150. The molecule has 68 valence electrons. The lowest BCUT2D eigenvalue weighted by atomic mass is 10.1. The third kappa shape index (κ3) is 1.32. The van der Waals surface area contributed by atoms with Gasteiger partial charge in [0.2, 0.25) is 0 Å². The molecule has 0 bridgehead atoms. The first kappa shape index (κ1) is 8.01. The van der Waals surface area contributed by atoms with E-state index in [2.05, 4.69) is 0 Å². The molecule has 4 nitrogen and oxygen atoms in total. The fourth-order valence-electron chi connectivity index (χ4n) is 1.74. The van der Waals surface area contributed by atoms with Crippen molar-refractivity contribution in [2.75, 3.05) is 13.2 Å². The van der Waals surface area contributed by atoms with Crippen molar-refractivity contribution >= 4 is 5.97 Å². The number of hydrogen-bond acceptors (Lipinski definition) is 4. The van der Waals surface area contributed by atoms with E-state index in [0.717, 1.165) is 6.42 Å². The van der Waals surface area contributed by atoms with E-state index in [1.807, 2.05) is 0 Å². The smallest absolute Gasteiger partial charge is 0.303 e. The number of ether oxygens (including phenoxy) is 3. The highest BCUT2D eigenvalue weighted by molar-refractivity contribution is 5.66. The summed E-state index contributed by atoms with van der Waals surface area (Å²) < 4.78 is 15.8. The van der Waals surface area contributed by atoms with Crippen LogP contribution in [0.1, 0.15) is 13.3 Å². The molecule has 0 N–H and O–H groups in total. The predicted molar refractivity (Wildman–Crippen MR) is 39.7 cm³/mol. The van der Waals surface area contributed by atoms with Crippen molar-refractivity contribution in [3.63, 3.8) is 0 Å². The summed E-state index contributed by atoms with van der Waals surface area (Å²) in [5, 5.41) is 0. The summed E-state index contributed by atoms with van der Waals surface area (Å²) in [5.74, 6) is -0.264. The molecular weight excluding hydrogens is 160 g/mol. The Morgan fingerprint density at radius 1 is 1.50 bits per heavy atom. The summed E-state index contributed by atoms with van der Waals surface area (Å²) in [4.78, 5) is 10.7. The first-order chi connectivity index (χ1) is 5.77. The zero-order valence-corrected chi connectivity index (χ0v) is 6.99. The summed E-state index contributed by atoms with van der Waals surface area (Å²) in [6, 6.07) is 0. The molecule has 2 aliphatic rings. The van der Waals surface area contributed by atoms with Crippen LogP contribution in [0.4, 0.5) is 0 Å². The predicted octanol–water partition coefficient (Wildman–Crippen LogP) is 0.106. The van der Waals surface area contributed by atoms with Crippen LogP contribution in [0.5, 0.6) is 0 Å². The number of esters is 1. The molecular formula is C8H12O4. The van der Waals surface area contributed by atoms with E-state index in [1.54, 1.807) is 0 Å². The average Bonchev–Trinajstić information content (AvgIpc) is 2.52. The van der Waals surface area contributed by atoms with E-state index in [9.17, 15) is 4.79 Å². The van der Waals surface area contributed by atoms with Gasteiger partial charge in [0.25, 0.3) is 0 Å². The van der Waals surface area contributed by atoms with Gasteiger partial charge in [0, 0.05) is 13.5 Å². The van der Waals surface area contributed by atoms with E-state index in [1.165, 1.54) is 6.92 Å². The van der Waals surface area contributed by atoms with Crippen molar-refractivity contribution in [1.82, 2.24) is 0 Å². The highest BCUT2D eigenvalue weighted by Crippen LogP contribution is 2.28. The Labute approximate surface area is 70.8 Å². The van der Waals surface area contributed by atoms with Crippen molar-refractivity contribution in [2.24, 2.45) is 0 Å². The maximum atomic E-state index is 10.7. The van der Waals surface area contributed by atoms with Crippen LogP contribution in [-0.4, -0.2) is 37.5 Å². The van der Waals surface area contributed by atoms with Crippen LogP contribution < -0.4 is 0 Å². The number of fused-ring (bicyclic) bond motifs is 1. The van der Waals surface area contributed by atoms with E-state index in [4.69, 9.17) is 14.2 Å². The third-order valence-corrected chi connectivity index (χ3v) is 2.24. The minimum absolute atomic E-state index is 0.0195. The standard InChI is InChI=1S/C8H12O4/c1-5(9)12-7-4-11-6-2-3-10-8(6)7/h6-8H,2-4H2,1H3/t6-,7+,8-/m1/s1. The first-order valence-electron chi connectivity index (χ1n) is 4.18. The molecule has 4 heteroatoms. The highest BCUT2D eigenvalue weighted by atomic mass is 16.6. The summed E-state index contributed by atoms with van der Waals surface area (Å²) in [6.45, 7) is 2.60. The molecule has 2 saturated heterocycles. The van der Waals surface area contributed by atoms with E-state index >= 15 is 0 Å². The second-order valence-corrected chi connectivity index (χ2v) is 3.14. The van der Waals surface area contributed by atoms with Crippen LogP contribution in [0.2, 0.25) is 0 Å². The summed E-state index contributed by atoms with van der Waals surface area (Å²) in [7, 11) is 0. The summed E-state index contributed by atoms with van der Waals surface area (Å²) in [6.07, 6.45) is 0.862. The molecule has 0 aromatic heterocycles. The zero-order chi connectivity index (χ0) is 8.55. The Morgan fingerprint density at radius 3 is 3.08 bits per heavy atom. The van der Waals surface area contributed by atoms with Crippen LogP contribution in [-0.2, 0) is 19.0 Å². The van der Waals surface area contributed by atoms with Crippen molar-refractivity contribution in [3.05, 3.63) is 0 Å². The van der Waals surface area contributed by atoms with Crippen molar-refractivity contribution in [3.8, 4) is 0 Å². The number of hydrogen-bond donors (Lipinski definition) is 0. The Balaban J connectivity index is 1.95. The Morgan fingerprint density at radius 2 is 2.33 bits per heavy atom. The maximum absolute atomic E-state index is 10.7. The normalized spacial score (nSPS) is 39.6. The van der Waals surface area contributed by atoms with Crippen LogP contribution in [0.15, 0.2) is 0 Å². The number of carbonyl (C=O) groups excluding carboxylic acids is 1. The van der Waals surface area contributed by atoms with Gasteiger partial charge in [-0.25, -0.2) is 0 Å². The molecule has 0 unspecified atom stereocenters. The number of rotatable bonds is 1. The summed E-state index contributed by atoms with van der Waals surface area (Å²) in [5.41, 5.74) is 0. The Kier molecular flexibility index (Phi) is 2.02. The largest absolute Gasteiger partial charge is 0.457 e. The monoisotopic (exact) mass is 172 g/mol. The molecule has 0 aliphatic carbocycles. The molecule has 12 heavy (non-hydrogen) atoms. The topological polar surface area (TPSA) is 44.8 Å². The van der Waals surface area contributed by atoms with Crippen LogP contribution in [0.3, 0.4) is 0 Å². The molecule has 0 saturated carbocycles. The molecule has 0 aromatic carbocycles. The minimum Gasteiger partial charge on any atom is -0.457 e. The lowest BCUT2D eigenvalue weighted by Crippen LogP contribution is -2.31. The van der Waals surface area contributed by atoms with Gasteiger partial charge in [-0.05, 0) is 6.42 Å². The van der Waals surface area contributed by atoms with Gasteiger partial charge in [-0.2, -0.15) is 0 Å². The van der Waals surface area contributed by atoms with E-state index in [-0.39, 0.29) is 24.3 Å². The first-order valence-corrected chi connectivity index (χ1v) is 4.18. The van der Waals surface area contributed by atoms with Gasteiger partial charge in [-0.3, -0.25) is 4.79 Å². The van der Waals surface area contributed by atoms with Gasteiger partial charge in [-0.15, -0.1) is 0 Å². The van der Waals surface area contributed by atoms with Crippen LogP contribution in [0.25, 0.3) is 0 Å². The van der Waals surface area contributed by atoms with Gasteiger partial charge in [0.15, 0.2) is 6.10 Å². The Bertz CT molecular complexity index is 191. The van der Waals surface area contributed by atoms with Crippen LogP contribution >= 0.6 is 0 Å². The van der Waals surface area contributed by atoms with E-state index in [0.29, 0.717) is 13.2 Å². The minimum atomic E-state index is -0.264. The molecule has 3 atom stereocenters. The molecule has 2 fully saturated rings. The van der Waals surface area contributed by atoms with Gasteiger partial charge in [0.1, 0.15) is 6.10 Å². The lowest BCUT2D eigenvalue weighted by Gasteiger charge is -2.14. The SMILES string of the molecule is CC(=O)O[C@H]1CO[C@@H]2CCO[C@@H]12. The molecule has 2 aliphatic heterocycles. The molecule has 0 amide bonds. The van der Waals surface area contributed by atoms with Crippen molar-refractivity contribution in [2.45, 2.75) is 31.7 Å². The molecule has 0 aromatic rings. The second-order valence-electron chi connectivity index (χ2n) is 3.14. The molecule has 0 radical (unpaired) electrons. The highest BCUT2D eigenvalue weighted by Gasteiger charge is 2.43. The third-order valence-electron chi connectivity index (χ3n) is 2.24. The molecule has 2 rings (SSSR count). The Hall–Kier alpha value is -0.610. The van der Waals surface area contributed by atoms with Crippen LogP contribution in [0, 0.1) is 0 Å². The molecule has 0 spiro atoms. The van der Waals surface area contributed by atoms with Gasteiger partial charge in [0.05, 0.1) is 12.7 Å².